The predicted molar refractivity (Wildman–Crippen MR) is 90.5 cm³/mol. The number of nitrogens with one attached hydrogen (secondary N) is 2. The van der Waals surface area contributed by atoms with Crippen LogP contribution in [-0.2, 0) is 0 Å². The van der Waals surface area contributed by atoms with E-state index < -0.39 is 0 Å². The molecule has 2 aromatic carbocycles. The fourth-order valence-corrected chi connectivity index (χ4v) is 2.76. The molecule has 0 saturated carbocycles. The Labute approximate surface area is 130 Å². The van der Waals surface area contributed by atoms with Gasteiger partial charge in [0.05, 0.1) is 16.8 Å². The summed E-state index contributed by atoms with van der Waals surface area (Å²) in [5, 5.41) is 5.90. The third-order valence-corrected chi connectivity index (χ3v) is 3.98. The number of para-hydroxylation sites is 1. The van der Waals surface area contributed by atoms with Gasteiger partial charge in [-0.2, -0.15) is 0 Å². The minimum Gasteiger partial charge on any atom is -0.388 e. The van der Waals surface area contributed by atoms with Crippen LogP contribution in [0.1, 0.15) is 12.5 Å². The van der Waals surface area contributed by atoms with Crippen LogP contribution in [0.2, 0.25) is 5.02 Å². The second-order valence-electron chi connectivity index (χ2n) is 5.09. The third kappa shape index (κ3) is 2.75. The quantitative estimate of drug-likeness (QED) is 0.892. The van der Waals surface area contributed by atoms with Gasteiger partial charge in [-0.05, 0) is 42.3 Å². The monoisotopic (exact) mass is 299 g/mol. The largest absolute Gasteiger partial charge is 0.388 e. The van der Waals surface area contributed by atoms with Gasteiger partial charge in [-0.25, -0.2) is 5.43 Å². The molecule has 1 heterocycles. The fourth-order valence-electron chi connectivity index (χ4n) is 2.53. The van der Waals surface area contributed by atoms with Gasteiger partial charge < -0.3 is 5.32 Å². The molecule has 0 amide bonds. The molecule has 2 aromatic rings. The average molecular weight is 300 g/mol. The van der Waals surface area contributed by atoms with E-state index in [1.165, 1.54) is 11.1 Å². The first kappa shape index (κ1) is 14.0. The molecule has 0 bridgehead atoms. The van der Waals surface area contributed by atoms with Crippen molar-refractivity contribution in [3.05, 3.63) is 65.3 Å². The highest BCUT2D eigenvalue weighted by Gasteiger charge is 2.23. The van der Waals surface area contributed by atoms with Gasteiger partial charge in [0.25, 0.3) is 0 Å². The smallest absolute Gasteiger partial charge is 0.0757 e. The zero-order valence-corrected chi connectivity index (χ0v) is 12.9. The summed E-state index contributed by atoms with van der Waals surface area (Å²) in [6.45, 7) is 2.15. The molecule has 108 valence electrons. The molecule has 0 radical (unpaired) electrons. The van der Waals surface area contributed by atoms with Crippen molar-refractivity contribution in [2.45, 2.75) is 13.0 Å². The number of nitrogens with zero attached hydrogens (tertiary/aromatic N) is 1. The van der Waals surface area contributed by atoms with E-state index in [0.29, 0.717) is 0 Å². The van der Waals surface area contributed by atoms with Gasteiger partial charge in [-0.3, -0.25) is 5.01 Å². The van der Waals surface area contributed by atoms with Crippen LogP contribution in [0.25, 0.3) is 5.57 Å². The maximum Gasteiger partial charge on any atom is 0.0757 e. The van der Waals surface area contributed by atoms with Crippen molar-refractivity contribution in [1.82, 2.24) is 5.43 Å². The van der Waals surface area contributed by atoms with Gasteiger partial charge in [-0.1, -0.05) is 35.9 Å². The van der Waals surface area contributed by atoms with Crippen molar-refractivity contribution in [2.75, 3.05) is 17.4 Å². The Morgan fingerprint density at radius 1 is 1.14 bits per heavy atom. The van der Waals surface area contributed by atoms with Gasteiger partial charge in [0, 0.05) is 18.9 Å². The normalized spacial score (nSPS) is 17.8. The lowest BCUT2D eigenvalue weighted by Crippen LogP contribution is -2.34. The van der Waals surface area contributed by atoms with E-state index in [1.807, 2.05) is 36.3 Å². The van der Waals surface area contributed by atoms with E-state index in [2.05, 4.69) is 48.1 Å². The van der Waals surface area contributed by atoms with E-state index >= 15 is 0 Å². The molecule has 0 saturated heterocycles. The third-order valence-electron chi connectivity index (χ3n) is 3.66. The van der Waals surface area contributed by atoms with E-state index in [9.17, 15) is 0 Å². The van der Waals surface area contributed by atoms with Crippen molar-refractivity contribution in [3.63, 3.8) is 0 Å². The number of rotatable bonds is 3. The summed E-state index contributed by atoms with van der Waals surface area (Å²) in [6, 6.07) is 16.5. The number of hydrogen-bond donors (Lipinski definition) is 2. The first-order chi connectivity index (χ1) is 10.2. The minimum atomic E-state index is 0.230. The van der Waals surface area contributed by atoms with Crippen molar-refractivity contribution in [3.8, 4) is 0 Å². The SMILES string of the molecule is CNc1cccc(C2=CN(c3ccccc3Cl)NC2C)c1. The lowest BCUT2D eigenvalue weighted by atomic mass is 10.0. The topological polar surface area (TPSA) is 27.3 Å². The molecule has 1 aliphatic heterocycles. The number of anilines is 2. The van der Waals surface area contributed by atoms with Crippen LogP contribution in [0, 0.1) is 0 Å². The van der Waals surface area contributed by atoms with Crippen LogP contribution in [0.15, 0.2) is 54.7 Å². The van der Waals surface area contributed by atoms with E-state index in [0.717, 1.165) is 16.4 Å². The van der Waals surface area contributed by atoms with Gasteiger partial charge in [0.15, 0.2) is 0 Å². The Kier molecular flexibility index (Phi) is 3.86. The predicted octanol–water partition coefficient (Wildman–Crippen LogP) is 4.14. The molecule has 4 heteroatoms. The molecule has 0 fully saturated rings. The number of hydrogen-bond acceptors (Lipinski definition) is 3. The first-order valence-corrected chi connectivity index (χ1v) is 7.36. The molecule has 0 spiro atoms. The first-order valence-electron chi connectivity index (χ1n) is 6.99. The van der Waals surface area contributed by atoms with Crippen LogP contribution in [-0.4, -0.2) is 13.1 Å². The molecular formula is C17H18ClN3. The van der Waals surface area contributed by atoms with Crippen LogP contribution in [0.3, 0.4) is 0 Å². The van der Waals surface area contributed by atoms with E-state index in [4.69, 9.17) is 11.6 Å². The molecule has 3 nitrogen and oxygen atoms in total. The molecule has 1 unspecified atom stereocenters. The molecule has 0 aliphatic carbocycles. The van der Waals surface area contributed by atoms with Gasteiger partial charge in [0.2, 0.25) is 0 Å². The zero-order valence-electron chi connectivity index (χ0n) is 12.1. The minimum absolute atomic E-state index is 0.230. The fraction of sp³-hybridized carbons (Fsp3) is 0.176. The summed E-state index contributed by atoms with van der Waals surface area (Å²) in [7, 11) is 1.93. The number of hydrazine groups is 1. The lowest BCUT2D eigenvalue weighted by molar-refractivity contribution is 0.691. The van der Waals surface area contributed by atoms with Crippen LogP contribution >= 0.6 is 11.6 Å². The Morgan fingerprint density at radius 2 is 1.95 bits per heavy atom. The Bertz CT molecular complexity index is 681. The summed E-state index contributed by atoms with van der Waals surface area (Å²) in [5.41, 5.74) is 7.95. The molecular weight excluding hydrogens is 282 g/mol. The van der Waals surface area contributed by atoms with Crippen molar-refractivity contribution in [2.24, 2.45) is 0 Å². The maximum atomic E-state index is 6.27. The molecule has 3 rings (SSSR count). The number of halogens is 1. The molecule has 2 N–H and O–H groups in total. The second-order valence-corrected chi connectivity index (χ2v) is 5.49. The van der Waals surface area contributed by atoms with Crippen molar-refractivity contribution < 1.29 is 0 Å². The summed E-state index contributed by atoms with van der Waals surface area (Å²) in [5.74, 6) is 0. The van der Waals surface area contributed by atoms with Gasteiger partial charge in [-0.15, -0.1) is 0 Å². The Hall–Kier alpha value is -1.97. The Balaban J connectivity index is 1.96. The number of benzene rings is 2. The van der Waals surface area contributed by atoms with Gasteiger partial charge in [0.1, 0.15) is 0 Å². The average Bonchev–Trinajstić information content (AvgIpc) is 2.89. The van der Waals surface area contributed by atoms with Gasteiger partial charge >= 0.3 is 0 Å². The highest BCUT2D eigenvalue weighted by Crippen LogP contribution is 2.31. The van der Waals surface area contributed by atoms with Crippen LogP contribution in [0.5, 0.6) is 0 Å². The second kappa shape index (κ2) is 5.80. The Morgan fingerprint density at radius 3 is 2.71 bits per heavy atom. The molecule has 21 heavy (non-hydrogen) atoms. The summed E-state index contributed by atoms with van der Waals surface area (Å²) in [4.78, 5) is 0. The standard InChI is InChI=1S/C17H18ClN3/c1-12-15(13-6-5-7-14(10-13)19-2)11-21(20-12)17-9-4-3-8-16(17)18/h3-12,19-20H,1-2H3. The zero-order chi connectivity index (χ0) is 14.8. The highest BCUT2D eigenvalue weighted by molar-refractivity contribution is 6.33. The van der Waals surface area contributed by atoms with Crippen molar-refractivity contribution >= 4 is 28.5 Å². The van der Waals surface area contributed by atoms with Crippen LogP contribution < -0.4 is 15.8 Å². The van der Waals surface area contributed by atoms with Crippen LogP contribution in [0.4, 0.5) is 11.4 Å². The molecule has 1 atom stereocenters. The highest BCUT2D eigenvalue weighted by atomic mass is 35.5. The summed E-state index contributed by atoms with van der Waals surface area (Å²) < 4.78 is 0. The summed E-state index contributed by atoms with van der Waals surface area (Å²) >= 11 is 6.27. The lowest BCUT2D eigenvalue weighted by Gasteiger charge is -2.19. The maximum absolute atomic E-state index is 6.27. The van der Waals surface area contributed by atoms with E-state index in [1.54, 1.807) is 0 Å². The summed E-state index contributed by atoms with van der Waals surface area (Å²) in [6.07, 6.45) is 2.11. The van der Waals surface area contributed by atoms with E-state index in [-0.39, 0.29) is 6.04 Å². The molecule has 0 aromatic heterocycles. The van der Waals surface area contributed by atoms with Crippen molar-refractivity contribution in [1.29, 1.82) is 0 Å². The molecule has 1 aliphatic rings.